The first-order chi connectivity index (χ1) is 9.11. The average Bonchev–Trinajstić information content (AvgIpc) is 2.41. The van der Waals surface area contributed by atoms with E-state index in [0.29, 0.717) is 23.7 Å². The molecule has 0 fully saturated rings. The third-order valence-electron chi connectivity index (χ3n) is 3.02. The molecule has 0 aliphatic rings. The summed E-state index contributed by atoms with van der Waals surface area (Å²) in [6, 6.07) is 12.4. The molecule has 0 amide bonds. The number of rotatable bonds is 4. The van der Waals surface area contributed by atoms with E-state index in [-0.39, 0.29) is 5.82 Å². The molecule has 0 aliphatic carbocycles. The number of nitrogens with two attached hydrogens (primary N) is 1. The fourth-order valence-electron chi connectivity index (χ4n) is 1.95. The van der Waals surface area contributed by atoms with Crippen LogP contribution in [0.5, 0.6) is 0 Å². The molecule has 2 nitrogen and oxygen atoms in total. The Morgan fingerprint density at radius 2 is 1.95 bits per heavy atom. The Morgan fingerprint density at radius 1 is 1.21 bits per heavy atom. The number of nitrogens with zero attached hydrogens (tertiary/aromatic N) is 1. The van der Waals surface area contributed by atoms with Gasteiger partial charge in [-0.2, -0.15) is 0 Å². The lowest BCUT2D eigenvalue weighted by atomic mass is 10.1. The van der Waals surface area contributed by atoms with Crippen molar-refractivity contribution >= 4 is 17.3 Å². The van der Waals surface area contributed by atoms with Crippen LogP contribution >= 0.6 is 11.6 Å². The first kappa shape index (κ1) is 13.8. The Balaban J connectivity index is 2.21. The lowest BCUT2D eigenvalue weighted by Gasteiger charge is -2.21. The SMILES string of the molecule is CN(Cc1ccccc1F)c1ccc(CN)cc1Cl. The van der Waals surface area contributed by atoms with E-state index in [1.807, 2.05) is 36.2 Å². The van der Waals surface area contributed by atoms with Gasteiger partial charge in [0, 0.05) is 25.7 Å². The van der Waals surface area contributed by atoms with E-state index in [0.717, 1.165) is 11.3 Å². The molecule has 100 valence electrons. The second-order valence-electron chi connectivity index (χ2n) is 4.44. The standard InChI is InChI=1S/C15H16ClFN2/c1-19(10-12-4-2-3-5-14(12)17)15-7-6-11(9-18)8-13(15)16/h2-8H,9-10,18H2,1H3. The van der Waals surface area contributed by atoms with Crippen molar-refractivity contribution in [3.8, 4) is 0 Å². The van der Waals surface area contributed by atoms with Crippen molar-refractivity contribution in [2.45, 2.75) is 13.1 Å². The summed E-state index contributed by atoms with van der Waals surface area (Å²) in [4.78, 5) is 1.92. The number of benzene rings is 2. The molecule has 0 saturated heterocycles. The maximum atomic E-state index is 13.6. The van der Waals surface area contributed by atoms with Gasteiger partial charge in [0.05, 0.1) is 10.7 Å². The molecular weight excluding hydrogens is 263 g/mol. The van der Waals surface area contributed by atoms with E-state index < -0.39 is 0 Å². The summed E-state index contributed by atoms with van der Waals surface area (Å²) >= 11 is 6.22. The number of halogens is 2. The van der Waals surface area contributed by atoms with E-state index >= 15 is 0 Å². The summed E-state index contributed by atoms with van der Waals surface area (Å²) in [7, 11) is 1.88. The molecule has 0 bridgehead atoms. The molecule has 0 radical (unpaired) electrons. The highest BCUT2D eigenvalue weighted by atomic mass is 35.5. The van der Waals surface area contributed by atoms with Crippen LogP contribution in [0.4, 0.5) is 10.1 Å². The first-order valence-corrected chi connectivity index (χ1v) is 6.42. The van der Waals surface area contributed by atoms with E-state index in [4.69, 9.17) is 17.3 Å². The van der Waals surface area contributed by atoms with Crippen LogP contribution in [0, 0.1) is 5.82 Å². The molecule has 0 atom stereocenters. The highest BCUT2D eigenvalue weighted by Gasteiger charge is 2.09. The first-order valence-electron chi connectivity index (χ1n) is 6.05. The summed E-state index contributed by atoms with van der Waals surface area (Å²) in [5.41, 5.74) is 8.05. The van der Waals surface area contributed by atoms with Gasteiger partial charge in [0.15, 0.2) is 0 Å². The Labute approximate surface area is 117 Å². The van der Waals surface area contributed by atoms with Crippen LogP contribution in [-0.4, -0.2) is 7.05 Å². The summed E-state index contributed by atoms with van der Waals surface area (Å²) in [6.45, 7) is 0.922. The summed E-state index contributed by atoms with van der Waals surface area (Å²) in [5, 5.41) is 0.627. The minimum atomic E-state index is -0.205. The van der Waals surface area contributed by atoms with Gasteiger partial charge in [-0.3, -0.25) is 0 Å². The van der Waals surface area contributed by atoms with Crippen molar-refractivity contribution in [2.24, 2.45) is 5.73 Å². The maximum Gasteiger partial charge on any atom is 0.128 e. The summed E-state index contributed by atoms with van der Waals surface area (Å²) < 4.78 is 13.6. The van der Waals surface area contributed by atoms with Crippen LogP contribution in [-0.2, 0) is 13.1 Å². The second-order valence-corrected chi connectivity index (χ2v) is 4.84. The van der Waals surface area contributed by atoms with Crippen molar-refractivity contribution < 1.29 is 4.39 Å². The fraction of sp³-hybridized carbons (Fsp3) is 0.200. The van der Waals surface area contributed by atoms with Crippen molar-refractivity contribution in [3.05, 3.63) is 64.4 Å². The van der Waals surface area contributed by atoms with Gasteiger partial charge in [0.25, 0.3) is 0 Å². The largest absolute Gasteiger partial charge is 0.369 e. The monoisotopic (exact) mass is 278 g/mol. The van der Waals surface area contributed by atoms with Crippen molar-refractivity contribution in [2.75, 3.05) is 11.9 Å². The van der Waals surface area contributed by atoms with Crippen molar-refractivity contribution in [1.29, 1.82) is 0 Å². The van der Waals surface area contributed by atoms with Crippen LogP contribution in [0.2, 0.25) is 5.02 Å². The van der Waals surface area contributed by atoms with Gasteiger partial charge < -0.3 is 10.6 Å². The number of hydrogen-bond donors (Lipinski definition) is 1. The zero-order chi connectivity index (χ0) is 13.8. The molecule has 0 spiro atoms. The van der Waals surface area contributed by atoms with Gasteiger partial charge in [-0.05, 0) is 23.8 Å². The van der Waals surface area contributed by atoms with Crippen LogP contribution in [0.15, 0.2) is 42.5 Å². The van der Waals surface area contributed by atoms with E-state index in [2.05, 4.69) is 0 Å². The lowest BCUT2D eigenvalue weighted by molar-refractivity contribution is 0.608. The maximum absolute atomic E-state index is 13.6. The molecule has 19 heavy (non-hydrogen) atoms. The predicted octanol–water partition coefficient (Wildman–Crippen LogP) is 3.57. The normalized spacial score (nSPS) is 10.5. The van der Waals surface area contributed by atoms with Crippen LogP contribution in [0.1, 0.15) is 11.1 Å². The van der Waals surface area contributed by atoms with Gasteiger partial charge in [-0.1, -0.05) is 35.9 Å². The third kappa shape index (κ3) is 3.25. The van der Waals surface area contributed by atoms with E-state index in [9.17, 15) is 4.39 Å². The van der Waals surface area contributed by atoms with Crippen LogP contribution in [0.25, 0.3) is 0 Å². The third-order valence-corrected chi connectivity index (χ3v) is 3.33. The van der Waals surface area contributed by atoms with Gasteiger partial charge >= 0.3 is 0 Å². The molecule has 2 aromatic carbocycles. The summed E-state index contributed by atoms with van der Waals surface area (Å²) in [6.07, 6.45) is 0. The summed E-state index contributed by atoms with van der Waals surface area (Å²) in [5.74, 6) is -0.205. The Morgan fingerprint density at radius 3 is 2.58 bits per heavy atom. The smallest absolute Gasteiger partial charge is 0.128 e. The Hall–Kier alpha value is -1.58. The molecular formula is C15H16ClFN2. The molecule has 4 heteroatoms. The molecule has 0 unspecified atom stereocenters. The van der Waals surface area contributed by atoms with Gasteiger partial charge in [0.1, 0.15) is 5.82 Å². The van der Waals surface area contributed by atoms with Gasteiger partial charge in [-0.25, -0.2) is 4.39 Å². The molecule has 0 saturated carbocycles. The highest BCUT2D eigenvalue weighted by Crippen LogP contribution is 2.27. The number of hydrogen-bond acceptors (Lipinski definition) is 2. The lowest BCUT2D eigenvalue weighted by Crippen LogP contribution is -2.17. The predicted molar refractivity (Wildman–Crippen MR) is 77.9 cm³/mol. The molecule has 2 aromatic rings. The van der Waals surface area contributed by atoms with Crippen LogP contribution < -0.4 is 10.6 Å². The van der Waals surface area contributed by atoms with Crippen molar-refractivity contribution in [3.63, 3.8) is 0 Å². The Bertz CT molecular complexity index is 572. The molecule has 0 aliphatic heterocycles. The van der Waals surface area contributed by atoms with Gasteiger partial charge in [-0.15, -0.1) is 0 Å². The van der Waals surface area contributed by atoms with Crippen molar-refractivity contribution in [1.82, 2.24) is 0 Å². The minimum Gasteiger partial charge on any atom is -0.369 e. The van der Waals surface area contributed by atoms with Gasteiger partial charge in [0.2, 0.25) is 0 Å². The highest BCUT2D eigenvalue weighted by molar-refractivity contribution is 6.33. The number of anilines is 1. The van der Waals surface area contributed by atoms with E-state index in [1.165, 1.54) is 6.07 Å². The zero-order valence-corrected chi connectivity index (χ0v) is 11.5. The minimum absolute atomic E-state index is 0.205. The zero-order valence-electron chi connectivity index (χ0n) is 10.7. The second kappa shape index (κ2) is 6.04. The fourth-order valence-corrected chi connectivity index (χ4v) is 2.30. The quantitative estimate of drug-likeness (QED) is 0.926. The van der Waals surface area contributed by atoms with E-state index in [1.54, 1.807) is 12.1 Å². The topological polar surface area (TPSA) is 29.3 Å². The van der Waals surface area contributed by atoms with Crippen LogP contribution in [0.3, 0.4) is 0 Å². The molecule has 2 N–H and O–H groups in total. The molecule has 2 rings (SSSR count). The Kier molecular flexibility index (Phi) is 4.40. The molecule has 0 heterocycles. The molecule has 0 aromatic heterocycles. The average molecular weight is 279 g/mol.